The van der Waals surface area contributed by atoms with Crippen LogP contribution < -0.4 is 5.73 Å². The molecule has 2 N–H and O–H groups in total. The highest BCUT2D eigenvalue weighted by Crippen LogP contribution is 2.17. The van der Waals surface area contributed by atoms with E-state index in [0.29, 0.717) is 24.8 Å². The molecule has 18 heavy (non-hydrogen) atoms. The maximum absolute atomic E-state index is 12.2. The highest BCUT2D eigenvalue weighted by molar-refractivity contribution is 6.30. The van der Waals surface area contributed by atoms with E-state index >= 15 is 0 Å². The zero-order valence-electron chi connectivity index (χ0n) is 10.3. The van der Waals surface area contributed by atoms with Crippen LogP contribution in [-0.2, 0) is 16.1 Å². The second-order valence-corrected chi connectivity index (χ2v) is 5.07. The minimum atomic E-state index is -0.228. The molecule has 1 heterocycles. The molecule has 4 nitrogen and oxygen atoms in total. The molecule has 2 unspecified atom stereocenters. The lowest BCUT2D eigenvalue weighted by Gasteiger charge is -2.22. The van der Waals surface area contributed by atoms with Crippen LogP contribution in [0.2, 0.25) is 5.02 Å². The number of carbonyl (C=O) groups excluding carboxylic acids is 1. The van der Waals surface area contributed by atoms with Gasteiger partial charge in [-0.15, -0.1) is 0 Å². The number of amides is 1. The lowest BCUT2D eigenvalue weighted by molar-refractivity contribution is -0.135. The van der Waals surface area contributed by atoms with E-state index in [1.54, 1.807) is 11.9 Å². The van der Waals surface area contributed by atoms with Crippen LogP contribution in [0.3, 0.4) is 0 Å². The van der Waals surface area contributed by atoms with E-state index in [1.807, 2.05) is 24.3 Å². The summed E-state index contributed by atoms with van der Waals surface area (Å²) >= 11 is 5.91. The predicted octanol–water partition coefficient (Wildman–Crippen LogP) is 1.27. The van der Waals surface area contributed by atoms with Crippen LogP contribution in [-0.4, -0.2) is 37.1 Å². The lowest BCUT2D eigenvalue weighted by atomic mass is 10.0. The van der Waals surface area contributed by atoms with Gasteiger partial charge in [0, 0.05) is 24.7 Å². The van der Waals surface area contributed by atoms with Crippen molar-refractivity contribution in [1.82, 2.24) is 4.90 Å². The monoisotopic (exact) mass is 268 g/mol. The third-order valence-electron chi connectivity index (χ3n) is 3.13. The number of ether oxygens (including phenoxy) is 1. The summed E-state index contributed by atoms with van der Waals surface area (Å²) in [5.41, 5.74) is 6.85. The number of rotatable bonds is 3. The standard InChI is InChI=1S/C13H17ClN2O2/c1-16(6-9-3-2-4-10(14)5-9)13(17)11-7-18-8-12(11)15/h2-5,11-12H,6-8,15H2,1H3. The normalized spacial score (nSPS) is 23.1. The average molecular weight is 269 g/mol. The molecule has 0 spiro atoms. The molecule has 1 fully saturated rings. The number of nitrogens with zero attached hydrogens (tertiary/aromatic N) is 1. The molecule has 0 radical (unpaired) electrons. The fraction of sp³-hybridized carbons (Fsp3) is 0.462. The third-order valence-corrected chi connectivity index (χ3v) is 3.36. The van der Waals surface area contributed by atoms with Crippen LogP contribution in [0, 0.1) is 5.92 Å². The predicted molar refractivity (Wildman–Crippen MR) is 70.2 cm³/mol. The Hall–Kier alpha value is -1.10. The first-order valence-corrected chi connectivity index (χ1v) is 6.28. The Kier molecular flexibility index (Phi) is 4.22. The van der Waals surface area contributed by atoms with Crippen LogP contribution in [0.25, 0.3) is 0 Å². The van der Waals surface area contributed by atoms with Gasteiger partial charge in [0.05, 0.1) is 19.1 Å². The van der Waals surface area contributed by atoms with Gasteiger partial charge in [-0.25, -0.2) is 0 Å². The molecule has 1 aromatic carbocycles. The van der Waals surface area contributed by atoms with Crippen molar-refractivity contribution in [3.8, 4) is 0 Å². The molecule has 0 saturated carbocycles. The highest BCUT2D eigenvalue weighted by Gasteiger charge is 2.33. The SMILES string of the molecule is CN(Cc1cccc(Cl)c1)C(=O)C1COCC1N. The van der Waals surface area contributed by atoms with E-state index in [9.17, 15) is 4.79 Å². The molecule has 1 amide bonds. The van der Waals surface area contributed by atoms with Crippen LogP contribution in [0.15, 0.2) is 24.3 Å². The molecular weight excluding hydrogens is 252 g/mol. The molecular formula is C13H17ClN2O2. The first-order valence-electron chi connectivity index (χ1n) is 5.90. The molecule has 0 bridgehead atoms. The van der Waals surface area contributed by atoms with Gasteiger partial charge in [-0.1, -0.05) is 23.7 Å². The Bertz CT molecular complexity index is 439. The second kappa shape index (κ2) is 5.69. The van der Waals surface area contributed by atoms with Crippen molar-refractivity contribution in [3.05, 3.63) is 34.9 Å². The molecule has 1 aliphatic rings. The van der Waals surface area contributed by atoms with E-state index in [-0.39, 0.29) is 17.9 Å². The maximum atomic E-state index is 12.2. The molecule has 0 aromatic heterocycles. The summed E-state index contributed by atoms with van der Waals surface area (Å²) in [4.78, 5) is 13.8. The second-order valence-electron chi connectivity index (χ2n) is 4.63. The van der Waals surface area contributed by atoms with Gasteiger partial charge in [-0.05, 0) is 17.7 Å². The van der Waals surface area contributed by atoms with Crippen LogP contribution >= 0.6 is 11.6 Å². The Morgan fingerprint density at radius 1 is 1.56 bits per heavy atom. The van der Waals surface area contributed by atoms with Crippen molar-refractivity contribution < 1.29 is 9.53 Å². The number of hydrogen-bond donors (Lipinski definition) is 1. The summed E-state index contributed by atoms with van der Waals surface area (Å²) in [6.45, 7) is 1.41. The van der Waals surface area contributed by atoms with E-state index in [2.05, 4.69) is 0 Å². The molecule has 98 valence electrons. The zero-order chi connectivity index (χ0) is 13.1. The summed E-state index contributed by atoms with van der Waals surface area (Å²) in [6, 6.07) is 7.30. The number of hydrogen-bond acceptors (Lipinski definition) is 3. The van der Waals surface area contributed by atoms with Gasteiger partial charge >= 0.3 is 0 Å². The van der Waals surface area contributed by atoms with Gasteiger partial charge in [0.1, 0.15) is 0 Å². The highest BCUT2D eigenvalue weighted by atomic mass is 35.5. The molecule has 1 aromatic rings. The first-order chi connectivity index (χ1) is 8.58. The number of carbonyl (C=O) groups is 1. The summed E-state index contributed by atoms with van der Waals surface area (Å²) in [5.74, 6) is -0.200. The molecule has 1 saturated heterocycles. The van der Waals surface area contributed by atoms with E-state index < -0.39 is 0 Å². The topological polar surface area (TPSA) is 55.6 Å². The zero-order valence-corrected chi connectivity index (χ0v) is 11.1. The first kappa shape index (κ1) is 13.3. The minimum absolute atomic E-state index is 0.0278. The van der Waals surface area contributed by atoms with Crippen LogP contribution in [0.1, 0.15) is 5.56 Å². The summed E-state index contributed by atoms with van der Waals surface area (Å²) in [6.07, 6.45) is 0. The average Bonchev–Trinajstić information content (AvgIpc) is 2.74. The van der Waals surface area contributed by atoms with E-state index in [4.69, 9.17) is 22.1 Å². The van der Waals surface area contributed by atoms with Crippen molar-refractivity contribution in [2.45, 2.75) is 12.6 Å². The number of nitrogens with two attached hydrogens (primary N) is 1. The van der Waals surface area contributed by atoms with Gasteiger partial charge in [0.15, 0.2) is 0 Å². The Balaban J connectivity index is 1.99. The maximum Gasteiger partial charge on any atom is 0.229 e. The van der Waals surface area contributed by atoms with E-state index in [0.717, 1.165) is 5.56 Å². The van der Waals surface area contributed by atoms with Crippen LogP contribution in [0.5, 0.6) is 0 Å². The van der Waals surface area contributed by atoms with Gasteiger partial charge < -0.3 is 15.4 Å². The summed E-state index contributed by atoms with van der Waals surface area (Å²) < 4.78 is 5.22. The fourth-order valence-electron chi connectivity index (χ4n) is 2.10. The van der Waals surface area contributed by atoms with Gasteiger partial charge in [-0.2, -0.15) is 0 Å². The van der Waals surface area contributed by atoms with Gasteiger partial charge in [0.2, 0.25) is 5.91 Å². The fourth-order valence-corrected chi connectivity index (χ4v) is 2.31. The Labute approximate surface area is 112 Å². The molecule has 1 aliphatic heterocycles. The third kappa shape index (κ3) is 3.02. The van der Waals surface area contributed by atoms with E-state index in [1.165, 1.54) is 0 Å². The Morgan fingerprint density at radius 3 is 2.94 bits per heavy atom. The smallest absolute Gasteiger partial charge is 0.229 e. The summed E-state index contributed by atoms with van der Waals surface area (Å²) in [5, 5.41) is 0.675. The molecule has 0 aliphatic carbocycles. The van der Waals surface area contributed by atoms with Crippen molar-refractivity contribution in [2.24, 2.45) is 11.7 Å². The van der Waals surface area contributed by atoms with Gasteiger partial charge in [-0.3, -0.25) is 4.79 Å². The summed E-state index contributed by atoms with van der Waals surface area (Å²) in [7, 11) is 1.77. The van der Waals surface area contributed by atoms with Crippen molar-refractivity contribution in [2.75, 3.05) is 20.3 Å². The number of halogens is 1. The largest absolute Gasteiger partial charge is 0.379 e. The van der Waals surface area contributed by atoms with Crippen molar-refractivity contribution in [1.29, 1.82) is 0 Å². The quantitative estimate of drug-likeness (QED) is 0.898. The lowest BCUT2D eigenvalue weighted by Crippen LogP contribution is -2.41. The molecule has 2 rings (SSSR count). The van der Waals surface area contributed by atoms with Crippen molar-refractivity contribution in [3.63, 3.8) is 0 Å². The Morgan fingerprint density at radius 2 is 2.33 bits per heavy atom. The van der Waals surface area contributed by atoms with Crippen molar-refractivity contribution >= 4 is 17.5 Å². The van der Waals surface area contributed by atoms with Gasteiger partial charge in [0.25, 0.3) is 0 Å². The molecule has 5 heteroatoms. The minimum Gasteiger partial charge on any atom is -0.379 e. The number of benzene rings is 1. The molecule has 2 atom stereocenters. The van der Waals surface area contributed by atoms with Crippen LogP contribution in [0.4, 0.5) is 0 Å².